The molecule has 1 aliphatic rings. The summed E-state index contributed by atoms with van der Waals surface area (Å²) in [5.41, 5.74) is 0.402. The molecule has 1 fully saturated rings. The minimum absolute atomic E-state index is 0.165. The zero-order valence-electron chi connectivity index (χ0n) is 9.92. The highest BCUT2D eigenvalue weighted by atomic mass is 28.3. The van der Waals surface area contributed by atoms with E-state index in [1.807, 2.05) is 0 Å². The van der Waals surface area contributed by atoms with E-state index in [2.05, 4.69) is 26.6 Å². The zero-order valence-corrected chi connectivity index (χ0v) is 10.9. The second-order valence-corrected chi connectivity index (χ2v) is 10.8. The van der Waals surface area contributed by atoms with Crippen molar-refractivity contribution in [3.05, 3.63) is 0 Å². The van der Waals surface area contributed by atoms with Crippen LogP contribution >= 0.6 is 0 Å². The Hall–Kier alpha value is 0.137. The van der Waals surface area contributed by atoms with Gasteiger partial charge in [-0.1, -0.05) is 45.8 Å². The van der Waals surface area contributed by atoms with Crippen LogP contribution in [0.5, 0.6) is 0 Å². The van der Waals surface area contributed by atoms with Crippen molar-refractivity contribution in [1.29, 1.82) is 0 Å². The molecule has 0 spiro atoms. The van der Waals surface area contributed by atoms with Gasteiger partial charge in [0.2, 0.25) is 0 Å². The van der Waals surface area contributed by atoms with E-state index in [9.17, 15) is 5.11 Å². The first-order chi connectivity index (χ1) is 6.46. The monoisotopic (exact) mass is 216 g/mol. The molecule has 14 heavy (non-hydrogen) atoms. The molecule has 1 N–H and O–H groups in total. The Morgan fingerprint density at radius 2 is 1.93 bits per heavy atom. The summed E-state index contributed by atoms with van der Waals surface area (Å²) in [4.78, 5) is 0. The maximum absolute atomic E-state index is 9.85. The van der Waals surface area contributed by atoms with Crippen molar-refractivity contribution in [2.24, 2.45) is 0 Å². The molecule has 0 amide bonds. The van der Waals surface area contributed by atoms with Crippen molar-refractivity contribution in [2.75, 3.05) is 0 Å². The molecule has 2 nitrogen and oxygen atoms in total. The van der Waals surface area contributed by atoms with Crippen LogP contribution in [0.1, 0.15) is 32.6 Å². The topological polar surface area (TPSA) is 32.8 Å². The molecule has 1 heterocycles. The largest absolute Gasteiger partial charge is 0.390 e. The van der Waals surface area contributed by atoms with Gasteiger partial charge in [-0.3, -0.25) is 0 Å². The lowest BCUT2D eigenvalue weighted by Crippen LogP contribution is -2.33. The van der Waals surface area contributed by atoms with Crippen LogP contribution in [0.3, 0.4) is 0 Å². The second kappa shape index (κ2) is 4.77. The molecule has 0 bridgehead atoms. The Kier molecular flexibility index (Phi) is 4.16. The van der Waals surface area contributed by atoms with Crippen molar-refractivity contribution in [1.82, 2.24) is 0 Å². The number of aliphatic hydroxyl groups excluding tert-OH is 1. The highest BCUT2D eigenvalue weighted by molar-refractivity contribution is 6.78. The molecule has 0 aliphatic carbocycles. The van der Waals surface area contributed by atoms with Crippen LogP contribution in [0.4, 0.5) is 0 Å². The van der Waals surface area contributed by atoms with Crippen molar-refractivity contribution >= 4 is 8.07 Å². The maximum Gasteiger partial charge on any atom is 0.107 e. The summed E-state index contributed by atoms with van der Waals surface area (Å²) in [5, 5.41) is 9.85. The van der Waals surface area contributed by atoms with Gasteiger partial charge in [0, 0.05) is 0 Å². The molecule has 0 aromatic rings. The van der Waals surface area contributed by atoms with Crippen molar-refractivity contribution < 1.29 is 9.84 Å². The van der Waals surface area contributed by atoms with Gasteiger partial charge in [0.1, 0.15) is 6.10 Å². The quantitative estimate of drug-likeness (QED) is 0.420. The minimum atomic E-state index is -1.18. The number of hydrogen-bond acceptors (Lipinski definition) is 2. The van der Waals surface area contributed by atoms with Gasteiger partial charge < -0.3 is 9.84 Å². The van der Waals surface area contributed by atoms with E-state index in [0.717, 1.165) is 12.8 Å². The number of unbranched alkanes of at least 4 members (excludes halogenated alkanes) is 2. The van der Waals surface area contributed by atoms with E-state index in [-0.39, 0.29) is 12.2 Å². The Morgan fingerprint density at radius 3 is 2.36 bits per heavy atom. The maximum atomic E-state index is 9.85. The van der Waals surface area contributed by atoms with Crippen LogP contribution in [0.15, 0.2) is 0 Å². The van der Waals surface area contributed by atoms with Gasteiger partial charge in [0.15, 0.2) is 0 Å². The van der Waals surface area contributed by atoms with Gasteiger partial charge in [-0.15, -0.1) is 0 Å². The summed E-state index contributed by atoms with van der Waals surface area (Å²) in [6, 6.07) is 0. The van der Waals surface area contributed by atoms with Gasteiger partial charge >= 0.3 is 0 Å². The summed E-state index contributed by atoms with van der Waals surface area (Å²) in [7, 11) is -1.18. The summed E-state index contributed by atoms with van der Waals surface area (Å²) < 4.78 is 5.59. The Morgan fingerprint density at radius 1 is 1.29 bits per heavy atom. The first-order valence-corrected chi connectivity index (χ1v) is 9.38. The van der Waals surface area contributed by atoms with E-state index in [1.165, 1.54) is 12.8 Å². The molecular formula is C11H24O2Si. The summed E-state index contributed by atoms with van der Waals surface area (Å²) in [5.74, 6) is 0. The van der Waals surface area contributed by atoms with Crippen LogP contribution in [-0.2, 0) is 4.74 Å². The van der Waals surface area contributed by atoms with E-state index < -0.39 is 8.07 Å². The van der Waals surface area contributed by atoms with Crippen LogP contribution < -0.4 is 0 Å². The Balaban J connectivity index is 2.19. The van der Waals surface area contributed by atoms with Gasteiger partial charge in [0.05, 0.1) is 19.9 Å². The van der Waals surface area contributed by atoms with Gasteiger partial charge in [-0.2, -0.15) is 0 Å². The molecule has 3 atom stereocenters. The van der Waals surface area contributed by atoms with E-state index >= 15 is 0 Å². The first-order valence-electron chi connectivity index (χ1n) is 5.80. The average Bonchev–Trinajstić information content (AvgIpc) is 2.81. The molecule has 1 unspecified atom stereocenters. The zero-order chi connectivity index (χ0) is 10.8. The van der Waals surface area contributed by atoms with Crippen LogP contribution in [0, 0.1) is 0 Å². The number of hydrogen-bond donors (Lipinski definition) is 1. The fourth-order valence-corrected chi connectivity index (χ4v) is 3.65. The van der Waals surface area contributed by atoms with Gasteiger partial charge in [-0.25, -0.2) is 0 Å². The lowest BCUT2D eigenvalue weighted by atomic mass is 10.1. The normalized spacial score (nSPS) is 28.9. The number of epoxide rings is 1. The fraction of sp³-hybridized carbons (Fsp3) is 1.00. The predicted molar refractivity (Wildman–Crippen MR) is 62.2 cm³/mol. The average molecular weight is 216 g/mol. The lowest BCUT2D eigenvalue weighted by Gasteiger charge is -2.13. The molecular weight excluding hydrogens is 192 g/mol. The third kappa shape index (κ3) is 3.37. The number of rotatable bonds is 6. The third-order valence-corrected chi connectivity index (χ3v) is 5.03. The molecule has 1 aliphatic heterocycles. The summed E-state index contributed by atoms with van der Waals surface area (Å²) in [6.07, 6.45) is 4.45. The molecule has 0 aromatic heterocycles. The SMILES string of the molecule is CCCCCC(O)[C@H]1O[C@@H]1[Si](C)(C)C. The summed E-state index contributed by atoms with van der Waals surface area (Å²) in [6.45, 7) is 9.09. The molecule has 0 aromatic carbocycles. The van der Waals surface area contributed by atoms with E-state index in [4.69, 9.17) is 4.74 Å². The Bertz CT molecular complexity index is 177. The second-order valence-electron chi connectivity index (χ2n) is 5.45. The number of aliphatic hydroxyl groups is 1. The molecule has 0 radical (unpaired) electrons. The van der Waals surface area contributed by atoms with E-state index in [0.29, 0.717) is 5.73 Å². The molecule has 1 rings (SSSR count). The smallest absolute Gasteiger partial charge is 0.107 e. The molecule has 3 heteroatoms. The van der Waals surface area contributed by atoms with Crippen molar-refractivity contribution in [2.45, 2.75) is 70.2 Å². The van der Waals surface area contributed by atoms with Gasteiger partial charge in [-0.05, 0) is 6.42 Å². The number of ether oxygens (including phenoxy) is 1. The van der Waals surface area contributed by atoms with E-state index in [1.54, 1.807) is 0 Å². The first kappa shape index (κ1) is 12.2. The highest BCUT2D eigenvalue weighted by Crippen LogP contribution is 2.34. The van der Waals surface area contributed by atoms with Crippen LogP contribution in [-0.4, -0.2) is 31.1 Å². The van der Waals surface area contributed by atoms with Crippen LogP contribution in [0.25, 0.3) is 0 Å². The predicted octanol–water partition coefficient (Wildman–Crippen LogP) is 2.57. The molecule has 1 saturated heterocycles. The molecule has 0 saturated carbocycles. The lowest BCUT2D eigenvalue weighted by molar-refractivity contribution is 0.123. The summed E-state index contributed by atoms with van der Waals surface area (Å²) >= 11 is 0. The Labute approximate surface area is 88.7 Å². The molecule has 84 valence electrons. The fourth-order valence-electron chi connectivity index (χ4n) is 1.88. The standard InChI is InChI=1S/C11H24O2Si/c1-5-6-7-8-9(12)10-11(13-10)14(2,3)4/h9-12H,5-8H2,1-4H3/t9?,10-,11-/m1/s1. The third-order valence-electron chi connectivity index (χ3n) is 2.86. The highest BCUT2D eigenvalue weighted by Gasteiger charge is 2.51. The van der Waals surface area contributed by atoms with Gasteiger partial charge in [0.25, 0.3) is 0 Å². The van der Waals surface area contributed by atoms with Crippen molar-refractivity contribution in [3.8, 4) is 0 Å². The van der Waals surface area contributed by atoms with Crippen molar-refractivity contribution in [3.63, 3.8) is 0 Å². The minimum Gasteiger partial charge on any atom is -0.390 e. The van der Waals surface area contributed by atoms with Crippen LogP contribution in [0.2, 0.25) is 19.6 Å².